The molecule has 6 nitrogen and oxygen atoms in total. The fraction of sp³-hybridized carbons (Fsp3) is 0.0476. The van der Waals surface area contributed by atoms with Crippen molar-refractivity contribution in [3.05, 3.63) is 95.1 Å². The Balaban J connectivity index is 2.18. The molecule has 0 saturated carbocycles. The van der Waals surface area contributed by atoms with Crippen molar-refractivity contribution in [1.82, 2.24) is 0 Å². The van der Waals surface area contributed by atoms with Crippen LogP contribution < -0.4 is 5.14 Å². The number of aromatic carboxylic acids is 1. The van der Waals surface area contributed by atoms with Gasteiger partial charge in [-0.3, -0.25) is 4.79 Å². The smallest absolute Gasteiger partial charge is 0.335 e. The third kappa shape index (κ3) is 4.92. The van der Waals surface area contributed by atoms with Crippen molar-refractivity contribution in [3.8, 4) is 0 Å². The Labute approximate surface area is 172 Å². The number of hydrogen-bond acceptors (Lipinski definition) is 5. The van der Waals surface area contributed by atoms with Crippen molar-refractivity contribution in [3.63, 3.8) is 0 Å². The van der Waals surface area contributed by atoms with Gasteiger partial charge in [-0.2, -0.15) is 0 Å². The zero-order chi connectivity index (χ0) is 21.0. The number of carboxylic acid groups (broad SMARTS) is 1. The second kappa shape index (κ2) is 8.60. The Morgan fingerprint density at radius 1 is 0.897 bits per heavy atom. The molecule has 0 unspecified atom stereocenters. The van der Waals surface area contributed by atoms with E-state index in [1.807, 2.05) is 30.3 Å². The topological polar surface area (TPSA) is 115 Å². The first kappa shape index (κ1) is 20.8. The highest BCUT2D eigenvalue weighted by molar-refractivity contribution is 7.98. The Hall–Kier alpha value is -2.94. The van der Waals surface area contributed by atoms with E-state index in [1.54, 1.807) is 30.3 Å². The van der Waals surface area contributed by atoms with Crippen molar-refractivity contribution in [2.45, 2.75) is 15.5 Å². The summed E-state index contributed by atoms with van der Waals surface area (Å²) in [6.07, 6.45) is 0. The lowest BCUT2D eigenvalue weighted by Gasteiger charge is -2.14. The molecule has 3 aromatic carbocycles. The number of rotatable bonds is 7. The summed E-state index contributed by atoms with van der Waals surface area (Å²) in [5.41, 5.74) is 0.842. The summed E-state index contributed by atoms with van der Waals surface area (Å²) in [6, 6.07) is 19.8. The van der Waals surface area contributed by atoms with Crippen LogP contribution in [-0.4, -0.2) is 25.3 Å². The minimum atomic E-state index is -4.35. The van der Waals surface area contributed by atoms with E-state index in [1.165, 1.54) is 17.8 Å². The second-order valence-corrected chi connectivity index (χ2v) is 8.71. The van der Waals surface area contributed by atoms with Crippen LogP contribution in [0.25, 0.3) is 0 Å². The van der Waals surface area contributed by atoms with Gasteiger partial charge in [0.15, 0.2) is 5.78 Å². The van der Waals surface area contributed by atoms with Gasteiger partial charge in [0.25, 0.3) is 0 Å². The van der Waals surface area contributed by atoms with Gasteiger partial charge < -0.3 is 5.11 Å². The number of carbonyl (C=O) groups excluding carboxylic acids is 1. The second-order valence-electron chi connectivity index (χ2n) is 6.17. The molecule has 0 heterocycles. The lowest BCUT2D eigenvalue weighted by Crippen LogP contribution is -2.19. The Kier molecular flexibility index (Phi) is 6.17. The molecule has 0 spiro atoms. The molecule has 0 aromatic heterocycles. The van der Waals surface area contributed by atoms with Crippen molar-refractivity contribution >= 4 is 33.5 Å². The summed E-state index contributed by atoms with van der Waals surface area (Å²) in [4.78, 5) is 24.4. The third-order valence-corrected chi connectivity index (χ3v) is 6.17. The van der Waals surface area contributed by atoms with E-state index >= 15 is 0 Å². The SMILES string of the molecule is NS(=O)(=O)c1cc(C(=O)O)cc(SCc2ccccc2)c1C(=O)c1ccccc1. The molecule has 0 aliphatic carbocycles. The number of carbonyl (C=O) groups is 2. The van der Waals surface area contributed by atoms with Crippen LogP contribution in [0.3, 0.4) is 0 Å². The number of benzene rings is 3. The Morgan fingerprint density at radius 3 is 2.03 bits per heavy atom. The zero-order valence-corrected chi connectivity index (χ0v) is 16.7. The van der Waals surface area contributed by atoms with Gasteiger partial charge >= 0.3 is 5.97 Å². The maximum atomic E-state index is 13.1. The lowest BCUT2D eigenvalue weighted by molar-refractivity contribution is 0.0695. The van der Waals surface area contributed by atoms with Crippen molar-refractivity contribution in [2.75, 3.05) is 0 Å². The predicted molar refractivity (Wildman–Crippen MR) is 111 cm³/mol. The number of ketones is 1. The normalized spacial score (nSPS) is 11.2. The van der Waals surface area contributed by atoms with Crippen LogP contribution in [0.2, 0.25) is 0 Å². The number of nitrogens with two attached hydrogens (primary N) is 1. The molecule has 29 heavy (non-hydrogen) atoms. The van der Waals surface area contributed by atoms with Crippen molar-refractivity contribution in [1.29, 1.82) is 0 Å². The van der Waals surface area contributed by atoms with E-state index in [2.05, 4.69) is 0 Å². The van der Waals surface area contributed by atoms with Crippen molar-refractivity contribution in [2.24, 2.45) is 5.14 Å². The number of hydrogen-bond donors (Lipinski definition) is 2. The molecule has 0 atom stereocenters. The molecular weight excluding hydrogens is 410 g/mol. The summed E-state index contributed by atoms with van der Waals surface area (Å²) < 4.78 is 24.4. The van der Waals surface area contributed by atoms with Gasteiger partial charge in [-0.05, 0) is 17.7 Å². The molecule has 0 radical (unpaired) electrons. The van der Waals surface area contributed by atoms with E-state index in [0.717, 1.165) is 11.6 Å². The van der Waals surface area contributed by atoms with Gasteiger partial charge in [0.2, 0.25) is 10.0 Å². The predicted octanol–water partition coefficient (Wildman–Crippen LogP) is 3.56. The van der Waals surface area contributed by atoms with Gasteiger partial charge in [-0.15, -0.1) is 11.8 Å². The van der Waals surface area contributed by atoms with E-state index < -0.39 is 26.7 Å². The fourth-order valence-corrected chi connectivity index (χ4v) is 4.66. The molecule has 0 aliphatic heterocycles. The minimum absolute atomic E-state index is 0.121. The number of sulfonamides is 1. The van der Waals surface area contributed by atoms with Gasteiger partial charge in [0.1, 0.15) is 0 Å². The summed E-state index contributed by atoms with van der Waals surface area (Å²) >= 11 is 1.18. The molecule has 3 aromatic rings. The Morgan fingerprint density at radius 2 is 1.48 bits per heavy atom. The average Bonchev–Trinajstić information content (AvgIpc) is 2.71. The fourth-order valence-electron chi connectivity index (χ4n) is 2.74. The number of thioether (sulfide) groups is 1. The van der Waals surface area contributed by atoms with E-state index in [4.69, 9.17) is 5.14 Å². The van der Waals surface area contributed by atoms with Crippen LogP contribution >= 0.6 is 11.8 Å². The van der Waals surface area contributed by atoms with Crippen LogP contribution in [0.1, 0.15) is 31.8 Å². The average molecular weight is 428 g/mol. The first-order chi connectivity index (χ1) is 13.8. The molecule has 8 heteroatoms. The summed E-state index contributed by atoms with van der Waals surface area (Å²) in [5.74, 6) is -1.43. The molecule has 0 aliphatic rings. The molecule has 0 amide bonds. The standard InChI is InChI=1S/C21H17NO5S2/c22-29(26,27)18-12-16(21(24)25)11-17(28-13-14-7-3-1-4-8-14)19(18)20(23)15-9-5-2-6-10-15/h1-12H,13H2,(H,24,25)(H2,22,26,27). The highest BCUT2D eigenvalue weighted by Crippen LogP contribution is 2.33. The molecular formula is C21H17NO5S2. The van der Waals surface area contributed by atoms with Crippen LogP contribution in [0, 0.1) is 0 Å². The van der Waals surface area contributed by atoms with Crippen LogP contribution in [-0.2, 0) is 15.8 Å². The quantitative estimate of drug-likeness (QED) is 0.440. The van der Waals surface area contributed by atoms with Crippen LogP contribution in [0.5, 0.6) is 0 Å². The summed E-state index contributed by atoms with van der Waals surface area (Å²) in [7, 11) is -4.35. The summed E-state index contributed by atoms with van der Waals surface area (Å²) in [6.45, 7) is 0. The maximum Gasteiger partial charge on any atom is 0.335 e. The highest BCUT2D eigenvalue weighted by Gasteiger charge is 2.26. The lowest BCUT2D eigenvalue weighted by atomic mass is 10.0. The van der Waals surface area contributed by atoms with Crippen LogP contribution in [0.15, 0.2) is 82.6 Å². The van der Waals surface area contributed by atoms with E-state index in [-0.39, 0.29) is 21.6 Å². The maximum absolute atomic E-state index is 13.1. The van der Waals surface area contributed by atoms with Gasteiger partial charge in [0, 0.05) is 16.2 Å². The molecule has 0 saturated heterocycles. The summed E-state index contributed by atoms with van der Waals surface area (Å²) in [5, 5.41) is 14.7. The molecule has 0 fully saturated rings. The molecule has 0 bridgehead atoms. The largest absolute Gasteiger partial charge is 0.478 e. The molecule has 3 rings (SSSR count). The first-order valence-corrected chi connectivity index (χ1v) is 11.0. The minimum Gasteiger partial charge on any atom is -0.478 e. The van der Waals surface area contributed by atoms with Crippen molar-refractivity contribution < 1.29 is 23.1 Å². The van der Waals surface area contributed by atoms with Crippen LogP contribution in [0.4, 0.5) is 0 Å². The van der Waals surface area contributed by atoms with Gasteiger partial charge in [-0.1, -0.05) is 60.7 Å². The van der Waals surface area contributed by atoms with Gasteiger partial charge in [0.05, 0.1) is 16.0 Å². The van der Waals surface area contributed by atoms with E-state index in [0.29, 0.717) is 5.75 Å². The number of carboxylic acids is 1. The third-order valence-electron chi connectivity index (χ3n) is 4.12. The monoisotopic (exact) mass is 427 g/mol. The van der Waals surface area contributed by atoms with E-state index in [9.17, 15) is 23.1 Å². The molecule has 148 valence electrons. The Bertz CT molecular complexity index is 1160. The zero-order valence-electron chi connectivity index (χ0n) is 15.1. The number of primary sulfonamides is 1. The molecule has 3 N–H and O–H groups in total. The van der Waals surface area contributed by atoms with Gasteiger partial charge in [-0.25, -0.2) is 18.4 Å². The highest BCUT2D eigenvalue weighted by atomic mass is 32.2. The first-order valence-electron chi connectivity index (χ1n) is 8.48.